The van der Waals surface area contributed by atoms with Crippen molar-refractivity contribution in [3.8, 4) is 23.7 Å². The normalized spacial score (nSPS) is 21.9. The van der Waals surface area contributed by atoms with Gasteiger partial charge < -0.3 is 9.47 Å². The lowest BCUT2D eigenvalue weighted by atomic mass is 9.62. The highest BCUT2D eigenvalue weighted by atomic mass is 32.3. The Morgan fingerprint density at radius 2 is 0.886 bits per heavy atom. The highest BCUT2D eigenvalue weighted by Gasteiger charge is 2.51. The first kappa shape index (κ1) is 53.1. The minimum atomic E-state index is -4.20. The molecule has 12 nitrogen and oxygen atoms in total. The Labute approximate surface area is 415 Å². The molecule has 0 spiro atoms. The number of benzene rings is 5. The summed E-state index contributed by atoms with van der Waals surface area (Å²) < 4.78 is 76.2. The van der Waals surface area contributed by atoms with Crippen molar-refractivity contribution in [2.75, 3.05) is 65.8 Å². The lowest BCUT2D eigenvalue weighted by Crippen LogP contribution is -2.58. The van der Waals surface area contributed by atoms with Crippen molar-refractivity contribution in [3.63, 3.8) is 0 Å². The summed E-state index contributed by atoms with van der Waals surface area (Å²) in [6, 6.07) is 36.5. The third-order valence-corrected chi connectivity index (χ3v) is 14.7. The fourth-order valence-electron chi connectivity index (χ4n) is 10.3. The van der Waals surface area contributed by atoms with Crippen LogP contribution < -0.4 is 0 Å². The molecule has 2 fully saturated rings. The van der Waals surface area contributed by atoms with Crippen LogP contribution in [0.4, 0.5) is 0 Å². The van der Waals surface area contributed by atoms with Gasteiger partial charge in [-0.2, -0.15) is 16.8 Å². The second-order valence-corrected chi connectivity index (χ2v) is 20.5. The maximum atomic E-state index is 9.84. The number of hydrogen-bond acceptors (Lipinski definition) is 10. The van der Waals surface area contributed by atoms with Gasteiger partial charge in [-0.05, 0) is 107 Å². The largest absolute Gasteiger partial charge is 0.397 e. The van der Waals surface area contributed by atoms with Gasteiger partial charge in [0.15, 0.2) is 0 Å². The number of fused-ring (bicyclic) bond motifs is 8. The molecule has 0 radical (unpaired) electrons. The molecule has 374 valence electrons. The first-order chi connectivity index (χ1) is 33.8. The smallest absolute Gasteiger partial charge is 0.378 e. The Balaban J connectivity index is 0.000000342. The number of rotatable bonds is 18. The number of ether oxygens (including phenoxy) is 2. The van der Waals surface area contributed by atoms with E-state index in [4.69, 9.17) is 18.6 Å². The van der Waals surface area contributed by atoms with E-state index in [2.05, 4.69) is 153 Å². The number of unbranched alkanes of at least 4 members (excludes halogenated alkanes) is 4. The molecule has 4 unspecified atom stereocenters. The topological polar surface area (TPSA) is 152 Å². The molecule has 4 aliphatic carbocycles. The Morgan fingerprint density at radius 1 is 0.543 bits per heavy atom. The van der Waals surface area contributed by atoms with Crippen LogP contribution in [0.25, 0.3) is 21.5 Å². The standard InChI is InChI=1S/C48H48N2O2.2C4H10O4S/c1-3-5-27-49-29-31-51-33-43(49)47(25-23-35-15-19-37(47)20-16-35)45-39-11-7-9-13-41(39)46(42-14-10-8-12-40(42)45)48(26-24-36-17-21-38(48)22-18-36)44-34-52-32-30-50(44)28-6-4-2;2*1-2-3-4-8-9(5,6)7/h7-22,43-44H,3-6,27-34H2,1-2H3;2*2-4H2,1H3,(H,5,6,7). The summed E-state index contributed by atoms with van der Waals surface area (Å²) in [5.41, 5.74) is 5.94. The number of nitrogens with zero attached hydrogens (tertiary/aromatic N) is 2. The van der Waals surface area contributed by atoms with Crippen molar-refractivity contribution in [1.29, 1.82) is 0 Å². The molecule has 0 saturated carbocycles. The quantitative estimate of drug-likeness (QED) is 0.0372. The maximum Gasteiger partial charge on any atom is 0.397 e. The molecule has 4 atom stereocenters. The summed E-state index contributed by atoms with van der Waals surface area (Å²) in [6.07, 6.45) is 7.57. The van der Waals surface area contributed by atoms with Crippen molar-refractivity contribution >= 4 is 42.3 Å². The zero-order chi connectivity index (χ0) is 49.8. The lowest BCUT2D eigenvalue weighted by Gasteiger charge is -2.48. The molecule has 5 aromatic rings. The number of hydrogen-bond donors (Lipinski definition) is 2. The summed E-state index contributed by atoms with van der Waals surface area (Å²) in [4.78, 5) is 5.36. The summed E-state index contributed by atoms with van der Waals surface area (Å²) in [5.74, 6) is 15.4. The van der Waals surface area contributed by atoms with E-state index in [0.29, 0.717) is 26.1 Å². The zero-order valence-corrected chi connectivity index (χ0v) is 42.6. The average molecular weight is 993 g/mol. The Morgan fingerprint density at radius 3 is 1.20 bits per heavy atom. The van der Waals surface area contributed by atoms with Crippen LogP contribution in [-0.4, -0.2) is 114 Å². The minimum absolute atomic E-state index is 0.0508. The molecule has 2 aliphatic heterocycles. The predicted octanol–water partition coefficient (Wildman–Crippen LogP) is 9.51. The molecule has 2 heterocycles. The molecule has 4 bridgehead atoms. The van der Waals surface area contributed by atoms with Crippen LogP contribution in [-0.2, 0) is 49.5 Å². The maximum absolute atomic E-state index is 9.84. The fourth-order valence-corrected chi connectivity index (χ4v) is 11.0. The van der Waals surface area contributed by atoms with Crippen molar-refractivity contribution < 1.29 is 43.8 Å². The van der Waals surface area contributed by atoms with E-state index in [1.807, 2.05) is 13.8 Å². The van der Waals surface area contributed by atoms with Gasteiger partial charge in [0.2, 0.25) is 0 Å². The second-order valence-electron chi connectivity index (χ2n) is 18.3. The molecule has 14 heteroatoms. The minimum Gasteiger partial charge on any atom is -0.378 e. The lowest BCUT2D eigenvalue weighted by molar-refractivity contribution is -0.0233. The Bertz CT molecular complexity index is 2650. The Kier molecular flexibility index (Phi) is 18.3. The van der Waals surface area contributed by atoms with Gasteiger partial charge in [-0.3, -0.25) is 18.9 Å². The summed E-state index contributed by atoms with van der Waals surface area (Å²) in [6.45, 7) is 15.1. The molecule has 2 saturated heterocycles. The predicted molar refractivity (Wildman–Crippen MR) is 277 cm³/mol. The van der Waals surface area contributed by atoms with Crippen LogP contribution in [0, 0.1) is 23.7 Å². The van der Waals surface area contributed by atoms with Crippen LogP contribution >= 0.6 is 0 Å². The van der Waals surface area contributed by atoms with Gasteiger partial charge in [0.25, 0.3) is 0 Å². The van der Waals surface area contributed by atoms with E-state index in [1.165, 1.54) is 43.8 Å². The third kappa shape index (κ3) is 12.0. The summed E-state index contributed by atoms with van der Waals surface area (Å²) in [5, 5.41) is 4.98. The van der Waals surface area contributed by atoms with Crippen LogP contribution in [0.5, 0.6) is 0 Å². The van der Waals surface area contributed by atoms with E-state index in [0.717, 1.165) is 89.0 Å². The van der Waals surface area contributed by atoms with Crippen LogP contribution in [0.1, 0.15) is 112 Å². The van der Waals surface area contributed by atoms with Gasteiger partial charge in [0.05, 0.1) is 51.7 Å². The fraction of sp³-hybridized carbons (Fsp3) is 0.464. The average Bonchev–Trinajstić information content (AvgIpc) is 3.82. The van der Waals surface area contributed by atoms with E-state index in [1.54, 1.807) is 0 Å². The van der Waals surface area contributed by atoms with E-state index in [-0.39, 0.29) is 25.3 Å². The van der Waals surface area contributed by atoms with Crippen LogP contribution in [0.3, 0.4) is 0 Å². The molecule has 2 N–H and O–H groups in total. The molecule has 6 aliphatic rings. The van der Waals surface area contributed by atoms with Gasteiger partial charge in [0, 0.05) is 24.2 Å². The van der Waals surface area contributed by atoms with Gasteiger partial charge >= 0.3 is 20.8 Å². The molecule has 11 rings (SSSR count). The number of morpholine rings is 2. The highest BCUT2D eigenvalue weighted by Crippen LogP contribution is 2.52. The zero-order valence-electron chi connectivity index (χ0n) is 41.0. The monoisotopic (exact) mass is 992 g/mol. The summed E-state index contributed by atoms with van der Waals surface area (Å²) >= 11 is 0. The first-order valence-electron chi connectivity index (χ1n) is 24.9. The van der Waals surface area contributed by atoms with Gasteiger partial charge in [-0.15, -0.1) is 0 Å². The molecule has 0 amide bonds. The van der Waals surface area contributed by atoms with Gasteiger partial charge in [-0.25, -0.2) is 8.37 Å². The van der Waals surface area contributed by atoms with E-state index in [9.17, 15) is 16.8 Å². The SMILES string of the molecule is CCCCN1CCOCC1C1(c2c3ccccc3c(C3(C4COCCN4CCCC)C#Cc4ccc3cc4)c3ccccc23)C#Cc2ccc1cc2.CCCCOS(=O)(=O)O.CCCCOS(=O)(=O)O. The van der Waals surface area contributed by atoms with Crippen LogP contribution in [0.2, 0.25) is 0 Å². The molecule has 5 aromatic carbocycles. The van der Waals surface area contributed by atoms with E-state index >= 15 is 0 Å². The van der Waals surface area contributed by atoms with Crippen molar-refractivity contribution in [1.82, 2.24) is 9.80 Å². The van der Waals surface area contributed by atoms with Crippen molar-refractivity contribution in [2.24, 2.45) is 0 Å². The second kappa shape index (κ2) is 24.2. The van der Waals surface area contributed by atoms with E-state index < -0.39 is 31.6 Å². The van der Waals surface area contributed by atoms with Crippen molar-refractivity contribution in [2.45, 2.75) is 102 Å². The molecular weight excluding hydrogens is 925 g/mol. The molecular formula is C56H68N2O10S2. The highest BCUT2D eigenvalue weighted by molar-refractivity contribution is 7.81. The first-order valence-corrected chi connectivity index (χ1v) is 27.6. The molecule has 0 aromatic heterocycles. The molecule has 70 heavy (non-hydrogen) atoms. The summed E-state index contributed by atoms with van der Waals surface area (Å²) in [7, 11) is -8.39. The van der Waals surface area contributed by atoms with Gasteiger partial charge in [-0.1, -0.05) is 150 Å². The third-order valence-electron chi connectivity index (χ3n) is 13.7. The van der Waals surface area contributed by atoms with Gasteiger partial charge in [0.1, 0.15) is 10.8 Å². The van der Waals surface area contributed by atoms with Crippen LogP contribution in [0.15, 0.2) is 97.1 Å². The Hall–Kier alpha value is -4.68. The van der Waals surface area contributed by atoms with Crippen molar-refractivity contribution in [3.05, 3.63) is 130 Å².